The lowest BCUT2D eigenvalue weighted by Gasteiger charge is -2.18. The summed E-state index contributed by atoms with van der Waals surface area (Å²) in [6.07, 6.45) is 0. The minimum atomic E-state index is -4.67. The van der Waals surface area contributed by atoms with Crippen LogP contribution in [0.1, 0.15) is 18.1 Å². The maximum Gasteiger partial charge on any atom is 0.297 e. The van der Waals surface area contributed by atoms with Crippen molar-refractivity contribution in [3.8, 4) is 11.1 Å². The molecule has 4 aromatic carbocycles. The summed E-state index contributed by atoms with van der Waals surface area (Å²) < 4.78 is 66.0. The van der Waals surface area contributed by atoms with E-state index in [2.05, 4.69) is 0 Å². The van der Waals surface area contributed by atoms with Crippen molar-refractivity contribution in [2.45, 2.75) is 30.6 Å². The number of hydrogen-bond donors (Lipinski definition) is 1. The van der Waals surface area contributed by atoms with Crippen LogP contribution in [0.15, 0.2) is 70.5 Å². The molecule has 0 aliphatic heterocycles. The van der Waals surface area contributed by atoms with Gasteiger partial charge in [-0.25, -0.2) is 0 Å². The Morgan fingerprint density at radius 1 is 0.719 bits per heavy atom. The van der Waals surface area contributed by atoms with Crippen LogP contribution in [0.3, 0.4) is 0 Å². The second-order valence-electron chi connectivity index (χ2n) is 7.66. The van der Waals surface area contributed by atoms with E-state index in [4.69, 9.17) is 4.18 Å². The third kappa shape index (κ3) is 3.91. The van der Waals surface area contributed by atoms with E-state index in [9.17, 15) is 21.4 Å². The average molecular weight is 471 g/mol. The fraction of sp³-hybridized carbons (Fsp3) is 0.167. The van der Waals surface area contributed by atoms with Crippen molar-refractivity contribution in [3.05, 3.63) is 71.8 Å². The van der Waals surface area contributed by atoms with Crippen LogP contribution in [0.2, 0.25) is 0 Å². The monoisotopic (exact) mass is 470 g/mol. The number of hydrogen-bond acceptors (Lipinski definition) is 5. The van der Waals surface area contributed by atoms with Gasteiger partial charge in [0, 0.05) is 11.1 Å². The first-order valence-electron chi connectivity index (χ1n) is 9.97. The molecule has 1 N–H and O–H groups in total. The Kier molecular flexibility index (Phi) is 5.58. The van der Waals surface area contributed by atoms with Gasteiger partial charge in [0.2, 0.25) is 0 Å². The largest absolute Gasteiger partial charge is 0.297 e. The van der Waals surface area contributed by atoms with Gasteiger partial charge in [-0.05, 0) is 54.4 Å². The van der Waals surface area contributed by atoms with Crippen molar-refractivity contribution in [1.29, 1.82) is 0 Å². The highest BCUT2D eigenvalue weighted by Gasteiger charge is 2.28. The standard InChI is InChI=1S/C24H22O6S2/c1-4-30-32(28,29)22-12-8-18-14-16(3)6-10-20(18)24(22)23-19-9-5-15(2)13-17(19)7-11-21(23)31(25,26)27/h5-14H,4H2,1-3H3,(H,25,26,27). The Morgan fingerprint density at radius 3 is 1.66 bits per heavy atom. The van der Waals surface area contributed by atoms with Gasteiger partial charge in [-0.15, -0.1) is 0 Å². The lowest BCUT2D eigenvalue weighted by molar-refractivity contribution is 0.338. The summed E-state index contributed by atoms with van der Waals surface area (Å²) in [5.74, 6) is 0. The number of rotatable bonds is 5. The van der Waals surface area contributed by atoms with Gasteiger partial charge in [-0.3, -0.25) is 8.74 Å². The van der Waals surface area contributed by atoms with E-state index < -0.39 is 20.2 Å². The van der Waals surface area contributed by atoms with Crippen LogP contribution in [-0.4, -0.2) is 28.0 Å². The van der Waals surface area contributed by atoms with Crippen molar-refractivity contribution in [2.75, 3.05) is 6.61 Å². The number of aryl methyl sites for hydroxylation is 2. The molecule has 166 valence electrons. The second-order valence-corrected chi connectivity index (χ2v) is 10.6. The van der Waals surface area contributed by atoms with E-state index >= 15 is 0 Å². The van der Waals surface area contributed by atoms with Gasteiger partial charge in [0.05, 0.1) is 6.61 Å². The SMILES string of the molecule is CCOS(=O)(=O)c1ccc2cc(C)ccc2c1-c1c(S(=O)(=O)O)ccc2cc(C)ccc12. The van der Waals surface area contributed by atoms with Gasteiger partial charge < -0.3 is 0 Å². The number of fused-ring (bicyclic) bond motifs is 2. The first-order chi connectivity index (χ1) is 15.0. The lowest BCUT2D eigenvalue weighted by atomic mass is 9.92. The van der Waals surface area contributed by atoms with Crippen molar-refractivity contribution in [3.63, 3.8) is 0 Å². The van der Waals surface area contributed by atoms with Crippen molar-refractivity contribution in [1.82, 2.24) is 0 Å². The van der Waals surface area contributed by atoms with Crippen LogP contribution in [0.5, 0.6) is 0 Å². The van der Waals surface area contributed by atoms with Crippen LogP contribution in [-0.2, 0) is 24.4 Å². The second kappa shape index (κ2) is 7.97. The van der Waals surface area contributed by atoms with Crippen molar-refractivity contribution >= 4 is 41.8 Å². The van der Waals surface area contributed by atoms with Crippen LogP contribution >= 0.6 is 0 Å². The van der Waals surface area contributed by atoms with Gasteiger partial charge >= 0.3 is 0 Å². The number of benzene rings is 4. The maximum absolute atomic E-state index is 13.1. The summed E-state index contributed by atoms with van der Waals surface area (Å²) in [6.45, 7) is 5.30. The molecule has 0 atom stereocenters. The maximum atomic E-state index is 13.1. The first-order valence-corrected chi connectivity index (χ1v) is 12.8. The normalized spacial score (nSPS) is 12.5. The molecule has 4 rings (SSSR count). The van der Waals surface area contributed by atoms with E-state index in [1.807, 2.05) is 38.1 Å². The molecule has 32 heavy (non-hydrogen) atoms. The molecule has 0 radical (unpaired) electrons. The average Bonchev–Trinajstić information content (AvgIpc) is 2.71. The summed E-state index contributed by atoms with van der Waals surface area (Å²) in [7, 11) is -8.88. The molecule has 0 heterocycles. The minimum absolute atomic E-state index is 0.0758. The fourth-order valence-electron chi connectivity index (χ4n) is 4.02. The van der Waals surface area contributed by atoms with Gasteiger partial charge in [0.15, 0.2) is 0 Å². The van der Waals surface area contributed by atoms with E-state index in [-0.39, 0.29) is 27.5 Å². The molecule has 0 spiro atoms. The third-order valence-electron chi connectivity index (χ3n) is 5.34. The molecule has 0 aliphatic carbocycles. The van der Waals surface area contributed by atoms with Crippen LogP contribution < -0.4 is 0 Å². The molecule has 8 heteroatoms. The van der Waals surface area contributed by atoms with Gasteiger partial charge in [-0.2, -0.15) is 16.8 Å². The molecule has 0 amide bonds. The lowest BCUT2D eigenvalue weighted by Crippen LogP contribution is -2.10. The molecular formula is C24H22O6S2. The first kappa shape index (κ1) is 22.4. The molecule has 6 nitrogen and oxygen atoms in total. The molecule has 4 aromatic rings. The quantitative estimate of drug-likeness (QED) is 0.316. The summed E-state index contributed by atoms with van der Waals surface area (Å²) in [5, 5.41) is 2.50. The Balaban J connectivity index is 2.30. The Hall–Kier alpha value is -2.78. The Bertz CT molecular complexity index is 1590. The topological polar surface area (TPSA) is 97.7 Å². The molecule has 0 saturated carbocycles. The molecule has 0 bridgehead atoms. The Labute approximate surface area is 187 Å². The van der Waals surface area contributed by atoms with Gasteiger partial charge in [0.1, 0.15) is 9.79 Å². The van der Waals surface area contributed by atoms with E-state index in [0.29, 0.717) is 10.8 Å². The highest BCUT2D eigenvalue weighted by molar-refractivity contribution is 7.87. The zero-order valence-electron chi connectivity index (χ0n) is 17.8. The smallest absolute Gasteiger partial charge is 0.282 e. The minimum Gasteiger partial charge on any atom is -0.282 e. The van der Waals surface area contributed by atoms with Crippen molar-refractivity contribution < 1.29 is 25.6 Å². The zero-order valence-corrected chi connectivity index (χ0v) is 19.4. The summed E-state index contributed by atoms with van der Waals surface area (Å²) in [4.78, 5) is -0.524. The molecule has 0 unspecified atom stereocenters. The molecule has 0 aliphatic rings. The molecule has 0 fully saturated rings. The van der Waals surface area contributed by atoms with Crippen LogP contribution in [0.25, 0.3) is 32.7 Å². The molecule has 0 saturated heterocycles. The summed E-state index contributed by atoms with van der Waals surface area (Å²) >= 11 is 0. The highest BCUT2D eigenvalue weighted by Crippen LogP contribution is 2.43. The van der Waals surface area contributed by atoms with Crippen molar-refractivity contribution in [2.24, 2.45) is 0 Å². The van der Waals surface area contributed by atoms with E-state index in [1.54, 1.807) is 31.2 Å². The van der Waals surface area contributed by atoms with Gasteiger partial charge in [-0.1, -0.05) is 59.7 Å². The predicted molar refractivity (Wildman–Crippen MR) is 125 cm³/mol. The van der Waals surface area contributed by atoms with Crippen LogP contribution in [0.4, 0.5) is 0 Å². The third-order valence-corrected chi connectivity index (χ3v) is 7.67. The van der Waals surface area contributed by atoms with Gasteiger partial charge in [0.25, 0.3) is 20.2 Å². The van der Waals surface area contributed by atoms with Crippen LogP contribution in [0, 0.1) is 13.8 Å². The van der Waals surface area contributed by atoms with E-state index in [1.165, 1.54) is 12.1 Å². The highest BCUT2D eigenvalue weighted by atomic mass is 32.2. The van der Waals surface area contributed by atoms with E-state index in [0.717, 1.165) is 21.9 Å². The summed E-state index contributed by atoms with van der Waals surface area (Å²) in [6, 6.07) is 16.9. The molecular weight excluding hydrogens is 448 g/mol. The zero-order chi connectivity index (χ0) is 23.3. The predicted octanol–water partition coefficient (Wildman–Crippen LogP) is 5.25. The Morgan fingerprint density at radius 2 is 1.19 bits per heavy atom. The molecule has 0 aromatic heterocycles. The fourth-order valence-corrected chi connectivity index (χ4v) is 5.86. The summed E-state index contributed by atoms with van der Waals surface area (Å²) in [5.41, 5.74) is 2.22.